The van der Waals surface area contributed by atoms with Crippen molar-refractivity contribution >= 4 is 91.8 Å². The Hall–Kier alpha value is -10.9. The first-order valence-corrected chi connectivity index (χ1v) is 40.7. The maximum absolute atomic E-state index is 2.83. The van der Waals surface area contributed by atoms with E-state index in [1.165, 1.54) is 180 Å². The minimum absolute atomic E-state index is 0.323. The number of benzene rings is 15. The van der Waals surface area contributed by atoms with E-state index in [0.29, 0.717) is 35.5 Å². The van der Waals surface area contributed by atoms with Crippen LogP contribution in [0.3, 0.4) is 0 Å². The second-order valence-electron chi connectivity index (χ2n) is 35.2. The number of hydrogen-bond acceptors (Lipinski definition) is 0. The Balaban J connectivity index is 0.0000000999. The van der Waals surface area contributed by atoms with Crippen LogP contribution in [0.2, 0.25) is 0 Å². The van der Waals surface area contributed by atoms with Gasteiger partial charge in [0.15, 0.2) is 0 Å². The Morgan fingerprint density at radius 3 is 1.28 bits per heavy atom. The van der Waals surface area contributed by atoms with E-state index >= 15 is 0 Å². The molecule has 0 aliphatic heterocycles. The summed E-state index contributed by atoms with van der Waals surface area (Å²) in [5, 5.41) is 26.3. The van der Waals surface area contributed by atoms with Crippen LogP contribution in [0.5, 0.6) is 0 Å². The second kappa shape index (κ2) is 20.4. The van der Waals surface area contributed by atoms with Gasteiger partial charge >= 0.3 is 0 Å². The Morgan fingerprint density at radius 2 is 0.682 bits per heavy atom. The van der Waals surface area contributed by atoms with Crippen LogP contribution >= 0.6 is 0 Å². The van der Waals surface area contributed by atoms with Crippen LogP contribution in [0.25, 0.3) is 136 Å². The summed E-state index contributed by atoms with van der Waals surface area (Å²) < 4.78 is 0. The molecule has 13 aliphatic carbocycles. The highest BCUT2D eigenvalue weighted by atomic mass is 14.6. The fourth-order valence-corrected chi connectivity index (χ4v) is 26.4. The molecule has 107 heavy (non-hydrogen) atoms. The molecule has 0 radical (unpaired) electrons. The standard InChI is InChI=1S/C53H30.C33H24.C21H24/c1-19-2-4-20(5-3-19)21-6-8-22(9-7-21)31-18-32-29-15-14-27-25-11-10-23-24-12-13-26-28-16-17-30-33(31)43-42(32)47-40(29)38(27)45-35(25)34(23)44-36(24)37(26)46-39(28)41(30)48(43)53-51(46)49(44)50(45)52(47)53;1-21-10-12-22(13-11-21)23-14-16-24(17-15-23)25-18-19-30-31(20-25)33-28-8-4-2-6-26(28)32(30)27-7-3-5-9-29(27)33;1-15-2-6-17(7-3-15)18-10-12-20(13-11-18)21-14-16-4-8-19(21)9-5-16/h2-9,12-13,16-18,23,25,27,29,32,42H,10-11,14-15H2,1H3;2-20,32-33H,1H3;2-3,6-7,10-13,16,19,21H,4-5,8-9,14H2,1H3. The third-order valence-electron chi connectivity index (χ3n) is 30.6. The van der Waals surface area contributed by atoms with Gasteiger partial charge in [-0.2, -0.15) is 0 Å². The average molecular weight is 1360 g/mol. The molecule has 0 saturated heterocycles. The summed E-state index contributed by atoms with van der Waals surface area (Å²) in [6, 6.07) is 90.2. The van der Waals surface area contributed by atoms with Crippen molar-refractivity contribution in [2.75, 3.05) is 0 Å². The molecule has 31 rings (SSSR count). The summed E-state index contributed by atoms with van der Waals surface area (Å²) in [5.41, 5.74) is 41.8. The molecule has 0 heterocycles. The molecule has 0 spiro atoms. The van der Waals surface area contributed by atoms with Crippen molar-refractivity contribution in [3.63, 3.8) is 0 Å². The van der Waals surface area contributed by atoms with E-state index in [2.05, 4.69) is 263 Å². The van der Waals surface area contributed by atoms with E-state index in [-0.39, 0.29) is 0 Å². The Labute approximate surface area is 624 Å². The van der Waals surface area contributed by atoms with Gasteiger partial charge in [-0.15, -0.1) is 0 Å². The SMILES string of the molecule is Cc1ccc(-c2ccc(-c3ccc4c(c3)C3c5ccccc5C4c4ccccc43)cc2)cc1.Cc1ccc(-c2ccc(C3=CC4C5CCC6c7c5c5c8c9c7c7c%10c%11c%12c(ccc%13c%14ccc%15c3c(c3c%15c%14c(c%13%12)c(c38)c%119)C54)C%10CCC76)cc2)cc1.Cc1ccc(-c2ccc(C3CC4CCC3CC4)cc2)cc1. The molecule has 18 aromatic rings. The van der Waals surface area contributed by atoms with Gasteiger partial charge in [0.1, 0.15) is 0 Å². The molecule has 0 N–H and O–H groups in total. The predicted octanol–water partition coefficient (Wildman–Crippen LogP) is 28.2. The zero-order valence-electron chi connectivity index (χ0n) is 60.8. The van der Waals surface area contributed by atoms with Gasteiger partial charge in [-0.25, -0.2) is 0 Å². The van der Waals surface area contributed by atoms with E-state index in [1.54, 1.807) is 103 Å². The molecular weight excluding hydrogens is 1290 g/mol. The second-order valence-corrected chi connectivity index (χ2v) is 35.2. The van der Waals surface area contributed by atoms with E-state index in [9.17, 15) is 0 Å². The van der Waals surface area contributed by atoms with E-state index in [0.717, 1.165) is 29.6 Å². The summed E-state index contributed by atoms with van der Waals surface area (Å²) in [6.07, 6.45) is 15.6. The normalized spacial score (nSPS) is 23.8. The van der Waals surface area contributed by atoms with E-state index in [4.69, 9.17) is 0 Å². The van der Waals surface area contributed by atoms with E-state index in [1.807, 2.05) is 16.7 Å². The fraction of sp³-hybridized carbons (Fsp3) is 0.215. The lowest BCUT2D eigenvalue weighted by Crippen LogP contribution is -2.29. The summed E-state index contributed by atoms with van der Waals surface area (Å²) in [6.45, 7) is 6.45. The van der Waals surface area contributed by atoms with Crippen LogP contribution < -0.4 is 0 Å². The van der Waals surface area contributed by atoms with Crippen molar-refractivity contribution in [2.45, 2.75) is 126 Å². The first-order valence-electron chi connectivity index (χ1n) is 40.7. The summed E-state index contributed by atoms with van der Waals surface area (Å²) >= 11 is 0. The highest BCUT2D eigenvalue weighted by Crippen LogP contribution is 2.77. The number of rotatable bonds is 6. The molecule has 0 amide bonds. The maximum Gasteiger partial charge on any atom is 0.0349 e. The molecule has 3 fully saturated rings. The highest BCUT2D eigenvalue weighted by Gasteiger charge is 2.58. The van der Waals surface area contributed by atoms with Gasteiger partial charge in [-0.1, -0.05) is 266 Å². The van der Waals surface area contributed by atoms with Crippen molar-refractivity contribution in [1.82, 2.24) is 0 Å². The molecule has 7 atom stereocenters. The van der Waals surface area contributed by atoms with Gasteiger partial charge < -0.3 is 0 Å². The van der Waals surface area contributed by atoms with Crippen LogP contribution in [0.15, 0.2) is 243 Å². The first kappa shape index (κ1) is 58.3. The zero-order valence-corrected chi connectivity index (χ0v) is 60.8. The topological polar surface area (TPSA) is 0 Å². The fourth-order valence-electron chi connectivity index (χ4n) is 26.4. The van der Waals surface area contributed by atoms with Crippen molar-refractivity contribution in [3.8, 4) is 44.5 Å². The van der Waals surface area contributed by atoms with E-state index < -0.39 is 0 Å². The average Bonchev–Trinajstić information content (AvgIpc) is 1.44. The highest BCUT2D eigenvalue weighted by molar-refractivity contribution is 6.59. The Morgan fingerprint density at radius 1 is 0.262 bits per heavy atom. The smallest absolute Gasteiger partial charge is 0.0349 e. The zero-order chi connectivity index (χ0) is 69.4. The molecule has 4 bridgehead atoms. The van der Waals surface area contributed by atoms with Gasteiger partial charge in [0, 0.05) is 23.7 Å². The van der Waals surface area contributed by atoms with Gasteiger partial charge in [-0.05, 0) is 338 Å². The molecule has 506 valence electrons. The third kappa shape index (κ3) is 7.21. The number of fused-ring (bicyclic) bond motifs is 8. The molecule has 0 nitrogen and oxygen atoms in total. The summed E-state index contributed by atoms with van der Waals surface area (Å²) in [5.74, 6) is 7.18. The van der Waals surface area contributed by atoms with Crippen molar-refractivity contribution in [3.05, 3.63) is 348 Å². The molecule has 18 aromatic carbocycles. The van der Waals surface area contributed by atoms with Crippen LogP contribution in [0.4, 0.5) is 0 Å². The minimum Gasteiger partial charge on any atom is -0.0714 e. The predicted molar refractivity (Wildman–Crippen MR) is 446 cm³/mol. The quantitative estimate of drug-likeness (QED) is 0.146. The summed E-state index contributed by atoms with van der Waals surface area (Å²) in [4.78, 5) is 0. The van der Waals surface area contributed by atoms with Crippen LogP contribution in [-0.2, 0) is 0 Å². The van der Waals surface area contributed by atoms with Crippen LogP contribution in [0.1, 0.15) is 211 Å². The van der Waals surface area contributed by atoms with Gasteiger partial charge in [0.05, 0.1) is 0 Å². The minimum atomic E-state index is 0.323. The molecule has 0 heteroatoms. The summed E-state index contributed by atoms with van der Waals surface area (Å²) in [7, 11) is 0. The molecular formula is C107H78. The first-order chi connectivity index (χ1) is 52.8. The van der Waals surface area contributed by atoms with Crippen LogP contribution in [-0.4, -0.2) is 0 Å². The molecule has 7 unspecified atom stereocenters. The monoisotopic (exact) mass is 1360 g/mol. The van der Waals surface area contributed by atoms with Gasteiger partial charge in [-0.3, -0.25) is 0 Å². The lowest BCUT2D eigenvalue weighted by atomic mass is 9.61. The number of aryl methyl sites for hydroxylation is 3. The van der Waals surface area contributed by atoms with Crippen molar-refractivity contribution in [2.24, 2.45) is 17.8 Å². The van der Waals surface area contributed by atoms with Gasteiger partial charge in [0.25, 0.3) is 0 Å². The van der Waals surface area contributed by atoms with Crippen molar-refractivity contribution in [1.29, 1.82) is 0 Å². The van der Waals surface area contributed by atoms with Gasteiger partial charge in [0.2, 0.25) is 0 Å². The largest absolute Gasteiger partial charge is 0.0714 e. The Bertz CT molecular complexity index is 6880. The number of hydrogen-bond donors (Lipinski definition) is 0. The van der Waals surface area contributed by atoms with Crippen molar-refractivity contribution < 1.29 is 0 Å². The van der Waals surface area contributed by atoms with Crippen LogP contribution in [0, 0.1) is 38.5 Å². The third-order valence-corrected chi connectivity index (χ3v) is 30.6. The molecule has 3 saturated carbocycles. The Kier molecular flexibility index (Phi) is 11.1. The molecule has 13 aliphatic rings. The number of allylic oxidation sites excluding steroid dienone is 1. The lowest BCUT2D eigenvalue weighted by molar-refractivity contribution is 0.145. The molecule has 0 aromatic heterocycles. The lowest BCUT2D eigenvalue weighted by Gasteiger charge is -2.42. The maximum atomic E-state index is 2.83.